The van der Waals surface area contributed by atoms with E-state index in [1.54, 1.807) is 18.2 Å². The summed E-state index contributed by atoms with van der Waals surface area (Å²) in [6.07, 6.45) is 1.70. The van der Waals surface area contributed by atoms with E-state index in [-0.39, 0.29) is 24.0 Å². The molecule has 2 aromatic rings. The van der Waals surface area contributed by atoms with Crippen molar-refractivity contribution in [3.63, 3.8) is 0 Å². The average molecular weight is 478 g/mol. The van der Waals surface area contributed by atoms with E-state index in [1.807, 2.05) is 13.8 Å². The van der Waals surface area contributed by atoms with Crippen LogP contribution in [0.4, 0.5) is 0 Å². The van der Waals surface area contributed by atoms with Crippen LogP contribution in [0.15, 0.2) is 47.4 Å². The number of carbonyl (C=O) groups excluding carboxylic acids is 1. The highest BCUT2D eigenvalue weighted by molar-refractivity contribution is 7.89. The molecule has 9 heteroatoms. The Bertz CT molecular complexity index is 930. The van der Waals surface area contributed by atoms with Gasteiger partial charge in [-0.1, -0.05) is 54.2 Å². The van der Waals surface area contributed by atoms with E-state index in [1.165, 1.54) is 24.3 Å². The predicted octanol–water partition coefficient (Wildman–Crippen LogP) is 5.14. The summed E-state index contributed by atoms with van der Waals surface area (Å²) in [6.45, 7) is 3.39. The van der Waals surface area contributed by atoms with Gasteiger partial charge in [0.25, 0.3) is 0 Å². The SMILES string of the molecule is CCC[C@H](C)NC(=O)CN(Cc1c(Cl)cccc1Cl)S(=O)(=O)c1ccc(Cl)cc1. The van der Waals surface area contributed by atoms with Crippen LogP contribution in [0, 0.1) is 0 Å². The molecule has 2 aromatic carbocycles. The highest BCUT2D eigenvalue weighted by Gasteiger charge is 2.28. The molecule has 1 atom stereocenters. The maximum absolute atomic E-state index is 13.2. The number of amides is 1. The van der Waals surface area contributed by atoms with Gasteiger partial charge in [-0.05, 0) is 49.7 Å². The van der Waals surface area contributed by atoms with E-state index in [4.69, 9.17) is 34.8 Å². The van der Waals surface area contributed by atoms with Crippen LogP contribution in [0.25, 0.3) is 0 Å². The average Bonchev–Trinajstić information content (AvgIpc) is 2.64. The van der Waals surface area contributed by atoms with Crippen LogP contribution in [0.2, 0.25) is 15.1 Å². The van der Waals surface area contributed by atoms with E-state index >= 15 is 0 Å². The normalized spacial score (nSPS) is 12.8. The van der Waals surface area contributed by atoms with Gasteiger partial charge >= 0.3 is 0 Å². The van der Waals surface area contributed by atoms with Gasteiger partial charge < -0.3 is 5.32 Å². The van der Waals surface area contributed by atoms with Gasteiger partial charge in [0.2, 0.25) is 15.9 Å². The Morgan fingerprint density at radius 3 is 2.21 bits per heavy atom. The van der Waals surface area contributed by atoms with Crippen molar-refractivity contribution in [3.05, 3.63) is 63.1 Å². The van der Waals surface area contributed by atoms with Crippen LogP contribution >= 0.6 is 34.8 Å². The minimum atomic E-state index is -4.00. The van der Waals surface area contributed by atoms with Gasteiger partial charge in [0, 0.05) is 33.2 Å². The molecule has 0 unspecified atom stereocenters. The largest absolute Gasteiger partial charge is 0.353 e. The maximum Gasteiger partial charge on any atom is 0.243 e. The maximum atomic E-state index is 13.2. The van der Waals surface area contributed by atoms with E-state index in [9.17, 15) is 13.2 Å². The molecule has 0 bridgehead atoms. The van der Waals surface area contributed by atoms with E-state index in [2.05, 4.69) is 5.32 Å². The number of carbonyl (C=O) groups is 1. The molecule has 0 radical (unpaired) electrons. The minimum absolute atomic E-state index is 0.0273. The van der Waals surface area contributed by atoms with Crippen LogP contribution in [-0.4, -0.2) is 31.2 Å². The number of halogens is 3. The zero-order chi connectivity index (χ0) is 21.6. The van der Waals surface area contributed by atoms with Crippen molar-refractivity contribution in [2.75, 3.05) is 6.54 Å². The van der Waals surface area contributed by atoms with Gasteiger partial charge in [-0.25, -0.2) is 8.42 Å². The zero-order valence-electron chi connectivity index (χ0n) is 16.2. The first-order valence-electron chi connectivity index (χ1n) is 9.13. The van der Waals surface area contributed by atoms with Crippen LogP contribution in [0.5, 0.6) is 0 Å². The smallest absolute Gasteiger partial charge is 0.243 e. The Morgan fingerprint density at radius 2 is 1.66 bits per heavy atom. The molecule has 0 heterocycles. The lowest BCUT2D eigenvalue weighted by molar-refractivity contribution is -0.122. The van der Waals surface area contributed by atoms with Gasteiger partial charge in [-0.15, -0.1) is 0 Å². The Kier molecular flexibility index (Phi) is 8.79. The monoisotopic (exact) mass is 476 g/mol. The summed E-state index contributed by atoms with van der Waals surface area (Å²) >= 11 is 18.3. The molecule has 0 fully saturated rings. The van der Waals surface area contributed by atoms with Crippen LogP contribution in [0.1, 0.15) is 32.3 Å². The molecule has 0 aliphatic carbocycles. The van der Waals surface area contributed by atoms with Crippen molar-refractivity contribution in [3.8, 4) is 0 Å². The third-order valence-electron chi connectivity index (χ3n) is 4.30. The summed E-state index contributed by atoms with van der Waals surface area (Å²) in [7, 11) is -4.00. The molecule has 0 spiro atoms. The Labute approximate surface area is 187 Å². The Morgan fingerprint density at radius 1 is 1.07 bits per heavy atom. The molecule has 1 amide bonds. The molecular weight excluding hydrogens is 455 g/mol. The summed E-state index contributed by atoms with van der Waals surface area (Å²) in [5.41, 5.74) is 0.433. The van der Waals surface area contributed by atoms with Crippen molar-refractivity contribution in [1.29, 1.82) is 0 Å². The van der Waals surface area contributed by atoms with Crippen molar-refractivity contribution in [1.82, 2.24) is 9.62 Å². The van der Waals surface area contributed by atoms with Crippen molar-refractivity contribution in [2.24, 2.45) is 0 Å². The number of nitrogens with zero attached hydrogens (tertiary/aromatic N) is 1. The number of rotatable bonds is 9. The molecule has 158 valence electrons. The van der Waals surface area contributed by atoms with Crippen molar-refractivity contribution >= 4 is 50.7 Å². The van der Waals surface area contributed by atoms with E-state index in [0.29, 0.717) is 20.6 Å². The fourth-order valence-corrected chi connectivity index (χ4v) is 4.83. The standard InChI is InChI=1S/C20H23Cl3N2O3S/c1-3-5-14(2)24-20(26)13-25(12-17-18(22)6-4-7-19(17)23)29(27,28)16-10-8-15(21)9-11-16/h4,6-11,14H,3,5,12-13H2,1-2H3,(H,24,26)/t14-/m0/s1. The first-order valence-corrected chi connectivity index (χ1v) is 11.7. The van der Waals surface area contributed by atoms with Gasteiger partial charge in [-0.2, -0.15) is 4.31 Å². The topological polar surface area (TPSA) is 66.5 Å². The lowest BCUT2D eigenvalue weighted by Crippen LogP contribution is -2.43. The highest BCUT2D eigenvalue weighted by Crippen LogP contribution is 2.28. The van der Waals surface area contributed by atoms with Crippen LogP contribution in [-0.2, 0) is 21.4 Å². The lowest BCUT2D eigenvalue weighted by atomic mass is 10.2. The van der Waals surface area contributed by atoms with E-state index in [0.717, 1.165) is 17.1 Å². The molecule has 29 heavy (non-hydrogen) atoms. The summed E-state index contributed by atoms with van der Waals surface area (Å²) < 4.78 is 27.5. The van der Waals surface area contributed by atoms with Crippen LogP contribution < -0.4 is 5.32 Å². The summed E-state index contributed by atoms with van der Waals surface area (Å²) in [5, 5.41) is 3.89. The quantitative estimate of drug-likeness (QED) is 0.543. The molecule has 5 nitrogen and oxygen atoms in total. The number of sulfonamides is 1. The molecule has 0 aromatic heterocycles. The Balaban J connectivity index is 2.36. The second kappa shape index (κ2) is 10.6. The van der Waals surface area contributed by atoms with E-state index < -0.39 is 15.9 Å². The van der Waals surface area contributed by atoms with Gasteiger partial charge in [-0.3, -0.25) is 4.79 Å². The molecular formula is C20H23Cl3N2O3S. The fourth-order valence-electron chi connectivity index (χ4n) is 2.83. The number of hydrogen-bond acceptors (Lipinski definition) is 3. The van der Waals surface area contributed by atoms with Gasteiger partial charge in [0.1, 0.15) is 0 Å². The second-order valence-electron chi connectivity index (χ2n) is 6.68. The fraction of sp³-hybridized carbons (Fsp3) is 0.350. The molecule has 0 saturated carbocycles. The number of nitrogens with one attached hydrogen (secondary N) is 1. The first-order chi connectivity index (χ1) is 13.6. The summed E-state index contributed by atoms with van der Waals surface area (Å²) in [4.78, 5) is 12.6. The molecule has 2 rings (SSSR count). The lowest BCUT2D eigenvalue weighted by Gasteiger charge is -2.24. The predicted molar refractivity (Wildman–Crippen MR) is 118 cm³/mol. The molecule has 0 saturated heterocycles. The highest BCUT2D eigenvalue weighted by atomic mass is 35.5. The molecule has 0 aliphatic heterocycles. The number of benzene rings is 2. The number of hydrogen-bond donors (Lipinski definition) is 1. The van der Waals surface area contributed by atoms with Crippen LogP contribution in [0.3, 0.4) is 0 Å². The molecule has 1 N–H and O–H groups in total. The molecule has 0 aliphatic rings. The minimum Gasteiger partial charge on any atom is -0.353 e. The third kappa shape index (κ3) is 6.59. The second-order valence-corrected chi connectivity index (χ2v) is 9.87. The first kappa shape index (κ1) is 24.0. The van der Waals surface area contributed by atoms with Crippen molar-refractivity contribution < 1.29 is 13.2 Å². The summed E-state index contributed by atoms with van der Waals surface area (Å²) in [5.74, 6) is -0.397. The summed E-state index contributed by atoms with van der Waals surface area (Å²) in [6, 6.07) is 10.6. The van der Waals surface area contributed by atoms with Gasteiger partial charge in [0.05, 0.1) is 11.4 Å². The zero-order valence-corrected chi connectivity index (χ0v) is 19.2. The third-order valence-corrected chi connectivity index (χ3v) is 7.06. The van der Waals surface area contributed by atoms with Crippen molar-refractivity contribution in [2.45, 2.75) is 44.2 Å². The van der Waals surface area contributed by atoms with Gasteiger partial charge in [0.15, 0.2) is 0 Å². The Hall–Kier alpha value is -1.31.